The SMILES string of the molecule is CCOC(=O)C1=C(CS(=O)(=O)c2ccc(Cl)cc2)NC(=O)N[C@@H]1c1ccc(O)c(OC)c1. The van der Waals surface area contributed by atoms with Gasteiger partial charge in [-0.3, -0.25) is 0 Å². The van der Waals surface area contributed by atoms with E-state index in [0.29, 0.717) is 10.6 Å². The van der Waals surface area contributed by atoms with Crippen LogP contribution in [0.3, 0.4) is 0 Å². The first-order valence-electron chi connectivity index (χ1n) is 9.49. The van der Waals surface area contributed by atoms with Gasteiger partial charge in [0.15, 0.2) is 21.3 Å². The summed E-state index contributed by atoms with van der Waals surface area (Å²) < 4.78 is 36.2. The van der Waals surface area contributed by atoms with E-state index in [2.05, 4.69) is 10.6 Å². The summed E-state index contributed by atoms with van der Waals surface area (Å²) in [5.74, 6) is -1.46. The molecule has 170 valence electrons. The molecular formula is C21H21ClN2O7S. The van der Waals surface area contributed by atoms with Crippen molar-refractivity contribution in [1.29, 1.82) is 0 Å². The zero-order chi connectivity index (χ0) is 23.5. The number of carbonyl (C=O) groups excluding carboxylic acids is 2. The number of hydrogen-bond donors (Lipinski definition) is 3. The number of hydrogen-bond acceptors (Lipinski definition) is 7. The van der Waals surface area contributed by atoms with Crippen LogP contribution in [-0.4, -0.2) is 45.0 Å². The minimum atomic E-state index is -3.94. The number of esters is 1. The van der Waals surface area contributed by atoms with Crippen molar-refractivity contribution >= 4 is 33.4 Å². The van der Waals surface area contributed by atoms with Crippen LogP contribution in [0.4, 0.5) is 4.79 Å². The van der Waals surface area contributed by atoms with Gasteiger partial charge in [-0.2, -0.15) is 0 Å². The van der Waals surface area contributed by atoms with Crippen molar-refractivity contribution < 1.29 is 32.6 Å². The lowest BCUT2D eigenvalue weighted by molar-refractivity contribution is -0.139. The highest BCUT2D eigenvalue weighted by atomic mass is 35.5. The predicted octanol–water partition coefficient (Wildman–Crippen LogP) is 2.70. The van der Waals surface area contributed by atoms with Crippen LogP contribution >= 0.6 is 11.6 Å². The zero-order valence-corrected chi connectivity index (χ0v) is 18.8. The fourth-order valence-electron chi connectivity index (χ4n) is 3.22. The zero-order valence-electron chi connectivity index (χ0n) is 17.2. The van der Waals surface area contributed by atoms with Gasteiger partial charge in [0.1, 0.15) is 0 Å². The number of benzene rings is 2. The molecule has 0 unspecified atom stereocenters. The first kappa shape index (κ1) is 23.4. The molecule has 0 saturated carbocycles. The summed E-state index contributed by atoms with van der Waals surface area (Å²) in [5, 5.41) is 15.3. The Morgan fingerprint density at radius 3 is 2.50 bits per heavy atom. The molecular weight excluding hydrogens is 460 g/mol. The second kappa shape index (κ2) is 9.49. The van der Waals surface area contributed by atoms with Crippen molar-refractivity contribution in [2.45, 2.75) is 17.9 Å². The molecule has 32 heavy (non-hydrogen) atoms. The van der Waals surface area contributed by atoms with E-state index in [-0.39, 0.29) is 34.3 Å². The van der Waals surface area contributed by atoms with Gasteiger partial charge in [0.2, 0.25) is 0 Å². The monoisotopic (exact) mass is 480 g/mol. The first-order valence-corrected chi connectivity index (χ1v) is 11.5. The lowest BCUT2D eigenvalue weighted by atomic mass is 9.95. The molecule has 11 heteroatoms. The molecule has 0 spiro atoms. The molecule has 0 saturated heterocycles. The first-order chi connectivity index (χ1) is 15.2. The second-order valence-corrected chi connectivity index (χ2v) is 9.21. The molecule has 2 amide bonds. The summed E-state index contributed by atoms with van der Waals surface area (Å²) in [6, 6.07) is 8.08. The Bertz CT molecular complexity index is 1180. The number of ether oxygens (including phenoxy) is 2. The largest absolute Gasteiger partial charge is 0.504 e. The third-order valence-corrected chi connectivity index (χ3v) is 6.60. The summed E-state index contributed by atoms with van der Waals surface area (Å²) in [6.45, 7) is 1.65. The predicted molar refractivity (Wildman–Crippen MR) is 116 cm³/mol. The highest BCUT2D eigenvalue weighted by Gasteiger charge is 2.36. The van der Waals surface area contributed by atoms with Gasteiger partial charge in [-0.05, 0) is 48.9 Å². The van der Waals surface area contributed by atoms with Crippen molar-refractivity contribution in [3.05, 3.63) is 64.3 Å². The van der Waals surface area contributed by atoms with Crippen LogP contribution in [0.1, 0.15) is 18.5 Å². The van der Waals surface area contributed by atoms with E-state index in [1.807, 2.05) is 0 Å². The van der Waals surface area contributed by atoms with Gasteiger partial charge >= 0.3 is 12.0 Å². The number of carbonyl (C=O) groups is 2. The van der Waals surface area contributed by atoms with Crippen LogP contribution in [0.5, 0.6) is 11.5 Å². The molecule has 1 heterocycles. The molecule has 0 bridgehead atoms. The topological polar surface area (TPSA) is 131 Å². The highest BCUT2D eigenvalue weighted by molar-refractivity contribution is 7.91. The smallest absolute Gasteiger partial charge is 0.338 e. The average molecular weight is 481 g/mol. The number of aromatic hydroxyl groups is 1. The van der Waals surface area contributed by atoms with Gasteiger partial charge < -0.3 is 25.2 Å². The van der Waals surface area contributed by atoms with E-state index in [4.69, 9.17) is 21.1 Å². The van der Waals surface area contributed by atoms with Crippen molar-refractivity contribution in [2.24, 2.45) is 0 Å². The van der Waals surface area contributed by atoms with Crippen LogP contribution < -0.4 is 15.4 Å². The second-order valence-electron chi connectivity index (χ2n) is 6.79. The summed E-state index contributed by atoms with van der Waals surface area (Å²) in [7, 11) is -2.58. The maximum absolute atomic E-state index is 13.0. The fourth-order valence-corrected chi connectivity index (χ4v) is 4.67. The van der Waals surface area contributed by atoms with Crippen LogP contribution in [0.15, 0.2) is 58.6 Å². The van der Waals surface area contributed by atoms with Gasteiger partial charge in [-0.1, -0.05) is 17.7 Å². The minimum Gasteiger partial charge on any atom is -0.504 e. The molecule has 0 aliphatic carbocycles. The van der Waals surface area contributed by atoms with Gasteiger partial charge in [-0.15, -0.1) is 0 Å². The number of halogens is 1. The summed E-state index contributed by atoms with van der Waals surface area (Å²) >= 11 is 5.84. The molecule has 1 aliphatic heterocycles. The summed E-state index contributed by atoms with van der Waals surface area (Å²) in [4.78, 5) is 25.2. The van der Waals surface area contributed by atoms with Crippen molar-refractivity contribution in [1.82, 2.24) is 10.6 Å². The third kappa shape index (κ3) is 4.97. The number of sulfone groups is 1. The molecule has 2 aromatic carbocycles. The van der Waals surface area contributed by atoms with Gasteiger partial charge in [-0.25, -0.2) is 18.0 Å². The maximum atomic E-state index is 13.0. The molecule has 9 nitrogen and oxygen atoms in total. The van der Waals surface area contributed by atoms with Gasteiger partial charge in [0.25, 0.3) is 0 Å². The van der Waals surface area contributed by atoms with Crippen LogP contribution in [0.2, 0.25) is 5.02 Å². The van der Waals surface area contributed by atoms with Crippen molar-refractivity contribution in [2.75, 3.05) is 19.5 Å². The van der Waals surface area contributed by atoms with Crippen LogP contribution in [0.25, 0.3) is 0 Å². The number of phenolic OH excluding ortho intramolecular Hbond substituents is 1. The molecule has 3 rings (SSSR count). The van der Waals surface area contributed by atoms with Gasteiger partial charge in [0.05, 0.1) is 36.0 Å². The minimum absolute atomic E-state index is 0.0201. The molecule has 3 N–H and O–H groups in total. The third-order valence-electron chi connectivity index (χ3n) is 4.69. The van der Waals surface area contributed by atoms with E-state index in [9.17, 15) is 23.1 Å². The Morgan fingerprint density at radius 2 is 1.88 bits per heavy atom. The molecule has 1 atom stereocenters. The number of phenols is 1. The Balaban J connectivity index is 2.12. The van der Waals surface area contributed by atoms with E-state index in [1.54, 1.807) is 6.92 Å². The maximum Gasteiger partial charge on any atom is 0.338 e. The Labute approximate surface area is 189 Å². The Morgan fingerprint density at radius 1 is 1.19 bits per heavy atom. The number of amides is 2. The number of urea groups is 1. The Kier molecular flexibility index (Phi) is 6.95. The number of nitrogens with one attached hydrogen (secondary N) is 2. The molecule has 2 aromatic rings. The van der Waals surface area contributed by atoms with E-state index in [1.165, 1.54) is 49.6 Å². The van der Waals surface area contributed by atoms with Crippen molar-refractivity contribution in [3.8, 4) is 11.5 Å². The summed E-state index contributed by atoms with van der Waals surface area (Å²) in [5.41, 5.74) is 0.204. The molecule has 1 aliphatic rings. The number of rotatable bonds is 7. The number of methoxy groups -OCH3 is 1. The lowest BCUT2D eigenvalue weighted by Gasteiger charge is -2.29. The van der Waals surface area contributed by atoms with E-state index in [0.717, 1.165) is 0 Å². The fraction of sp³-hybridized carbons (Fsp3) is 0.238. The van der Waals surface area contributed by atoms with Crippen molar-refractivity contribution in [3.63, 3.8) is 0 Å². The molecule has 0 aromatic heterocycles. The summed E-state index contributed by atoms with van der Waals surface area (Å²) in [6.07, 6.45) is 0. The molecule has 0 radical (unpaired) electrons. The normalized spacial score (nSPS) is 16.2. The van der Waals surface area contributed by atoms with Gasteiger partial charge in [0, 0.05) is 10.7 Å². The van der Waals surface area contributed by atoms with Crippen LogP contribution in [-0.2, 0) is 19.4 Å². The quantitative estimate of drug-likeness (QED) is 0.519. The van der Waals surface area contributed by atoms with Crippen LogP contribution in [0, 0.1) is 0 Å². The average Bonchev–Trinajstić information content (AvgIpc) is 2.73. The molecule has 0 fully saturated rings. The van der Waals surface area contributed by atoms with E-state index >= 15 is 0 Å². The standard InChI is InChI=1S/C21H21ClN2O7S/c1-3-31-20(26)18-15(11-32(28,29)14-7-5-13(22)6-8-14)23-21(27)24-19(18)12-4-9-16(25)17(10-12)30-2/h4-10,19,25H,3,11H2,1-2H3,(H2,23,24,27)/t19-/m1/s1. The van der Waals surface area contributed by atoms with E-state index < -0.39 is 33.6 Å². The Hall–Kier alpha value is -3.24. The lowest BCUT2D eigenvalue weighted by Crippen LogP contribution is -2.47. The highest BCUT2D eigenvalue weighted by Crippen LogP contribution is 2.34.